The second-order valence-electron chi connectivity index (χ2n) is 5.18. The van der Waals surface area contributed by atoms with E-state index in [0.717, 1.165) is 33.6 Å². The van der Waals surface area contributed by atoms with Gasteiger partial charge in [-0.15, -0.1) is 0 Å². The molecule has 0 aromatic heterocycles. The summed E-state index contributed by atoms with van der Waals surface area (Å²) < 4.78 is 6.49. The summed E-state index contributed by atoms with van der Waals surface area (Å²) in [6.07, 6.45) is 8.33. The van der Waals surface area contributed by atoms with Crippen LogP contribution in [0.2, 0.25) is 0 Å². The summed E-state index contributed by atoms with van der Waals surface area (Å²) in [5.74, 6) is 0.924. The predicted octanol–water partition coefficient (Wildman–Crippen LogP) is 5.33. The molecule has 0 bridgehead atoms. The van der Waals surface area contributed by atoms with Gasteiger partial charge in [-0.2, -0.15) is 0 Å². The first-order valence-electron chi connectivity index (χ1n) is 7.67. The van der Waals surface area contributed by atoms with Crippen molar-refractivity contribution >= 4 is 51.6 Å². The lowest BCUT2D eigenvalue weighted by Gasteiger charge is -2.06. The number of hydrogen-bond acceptors (Lipinski definition) is 4. The van der Waals surface area contributed by atoms with Crippen molar-refractivity contribution in [3.63, 3.8) is 0 Å². The van der Waals surface area contributed by atoms with Crippen LogP contribution in [-0.4, -0.2) is 15.9 Å². The van der Waals surface area contributed by atoms with E-state index in [2.05, 4.69) is 12.2 Å². The maximum Gasteiger partial charge on any atom is 0.143 e. The Labute approximate surface area is 147 Å². The van der Waals surface area contributed by atoms with Crippen LogP contribution in [-0.2, 0) is 0 Å². The molecule has 0 amide bonds. The Bertz CT molecular complexity index is 552. The van der Waals surface area contributed by atoms with Crippen molar-refractivity contribution in [3.05, 3.63) is 34.7 Å². The van der Waals surface area contributed by atoms with E-state index in [0.29, 0.717) is 4.99 Å². The average Bonchev–Trinajstić information content (AvgIpc) is 2.82. The minimum atomic E-state index is 0.711. The zero-order chi connectivity index (χ0) is 15.8. The third kappa shape index (κ3) is 5.71. The van der Waals surface area contributed by atoms with Gasteiger partial charge >= 0.3 is 0 Å². The van der Waals surface area contributed by atoms with Gasteiger partial charge < -0.3 is 10.1 Å². The molecule has 0 saturated carbocycles. The van der Waals surface area contributed by atoms with Crippen LogP contribution in [0.1, 0.15) is 44.6 Å². The van der Waals surface area contributed by atoms with E-state index < -0.39 is 0 Å². The topological polar surface area (TPSA) is 21.3 Å². The van der Waals surface area contributed by atoms with Crippen LogP contribution in [0.4, 0.5) is 0 Å². The highest BCUT2D eigenvalue weighted by Gasteiger charge is 2.18. The summed E-state index contributed by atoms with van der Waals surface area (Å²) in [5, 5.41) is 2.98. The van der Waals surface area contributed by atoms with Crippen molar-refractivity contribution in [1.29, 1.82) is 0 Å². The summed E-state index contributed by atoms with van der Waals surface area (Å²) in [7, 11) is 0. The number of thioether (sulfide) groups is 1. The Kier molecular flexibility index (Phi) is 7.36. The highest BCUT2D eigenvalue weighted by Crippen LogP contribution is 2.27. The zero-order valence-corrected chi connectivity index (χ0v) is 15.2. The van der Waals surface area contributed by atoms with Gasteiger partial charge in [0.1, 0.15) is 15.1 Å². The van der Waals surface area contributed by atoms with Gasteiger partial charge in [-0.1, -0.05) is 80.9 Å². The monoisotopic (exact) mass is 351 g/mol. The predicted molar refractivity (Wildman–Crippen MR) is 105 cm³/mol. The second kappa shape index (κ2) is 9.28. The molecule has 1 aliphatic heterocycles. The van der Waals surface area contributed by atoms with Gasteiger partial charge in [0.05, 0.1) is 6.61 Å². The fraction of sp³-hybridized carbons (Fsp3) is 0.412. The van der Waals surface area contributed by atoms with E-state index in [-0.39, 0.29) is 0 Å². The molecule has 1 fully saturated rings. The van der Waals surface area contributed by atoms with E-state index >= 15 is 0 Å². The quantitative estimate of drug-likeness (QED) is 0.387. The third-order valence-electron chi connectivity index (χ3n) is 3.34. The molecule has 1 aromatic rings. The number of ether oxygens (including phenoxy) is 1. The molecule has 0 spiro atoms. The second-order valence-corrected chi connectivity index (χ2v) is 7.31. The third-order valence-corrected chi connectivity index (χ3v) is 4.97. The molecule has 1 aromatic carbocycles. The normalized spacial score (nSPS) is 16.1. The van der Waals surface area contributed by atoms with Crippen LogP contribution in [0.3, 0.4) is 0 Å². The number of unbranched alkanes of at least 4 members (excludes halogenated alkanes) is 4. The highest BCUT2D eigenvalue weighted by molar-refractivity contribution is 8.27. The molecule has 0 radical (unpaired) electrons. The lowest BCUT2D eigenvalue weighted by atomic mass is 10.2. The lowest BCUT2D eigenvalue weighted by molar-refractivity contribution is 0.304. The molecule has 22 heavy (non-hydrogen) atoms. The van der Waals surface area contributed by atoms with Crippen molar-refractivity contribution in [2.75, 3.05) is 6.61 Å². The van der Waals surface area contributed by atoms with Crippen LogP contribution in [0.5, 0.6) is 5.75 Å². The van der Waals surface area contributed by atoms with E-state index in [1.807, 2.05) is 30.3 Å². The first kappa shape index (κ1) is 17.4. The van der Waals surface area contributed by atoms with Crippen molar-refractivity contribution in [1.82, 2.24) is 5.32 Å². The van der Waals surface area contributed by atoms with Crippen LogP contribution in [0.25, 0.3) is 6.08 Å². The maximum atomic E-state index is 5.76. The standard InChI is InChI=1S/C17H21NOS3/c1-2-3-4-5-6-11-19-14-9-7-13(8-10-14)12-15-16(20)18-17(21)22-15/h7-10,12H,2-6,11H2,1H3,(H,18,20,21). The molecule has 0 unspecified atom stereocenters. The fourth-order valence-electron chi connectivity index (χ4n) is 2.13. The Balaban J connectivity index is 1.79. The Morgan fingerprint density at radius 2 is 1.82 bits per heavy atom. The Morgan fingerprint density at radius 1 is 1.09 bits per heavy atom. The minimum absolute atomic E-state index is 0.711. The summed E-state index contributed by atoms with van der Waals surface area (Å²) in [6, 6.07) is 8.10. The first-order chi connectivity index (χ1) is 10.7. The van der Waals surface area contributed by atoms with Gasteiger partial charge in [0.25, 0.3) is 0 Å². The van der Waals surface area contributed by atoms with Crippen molar-refractivity contribution in [2.45, 2.75) is 39.0 Å². The number of nitrogens with one attached hydrogen (secondary N) is 1. The molecule has 1 aliphatic rings. The molecule has 2 rings (SSSR count). The molecular formula is C17H21NOS3. The molecule has 0 atom stereocenters. The van der Waals surface area contributed by atoms with E-state index in [1.54, 1.807) is 0 Å². The molecule has 0 aliphatic carbocycles. The molecule has 118 valence electrons. The van der Waals surface area contributed by atoms with E-state index in [9.17, 15) is 0 Å². The lowest BCUT2D eigenvalue weighted by Crippen LogP contribution is -2.15. The molecular weight excluding hydrogens is 330 g/mol. The molecule has 5 heteroatoms. The largest absolute Gasteiger partial charge is 0.494 e. The number of thiocarbonyl (C=S) groups is 2. The molecule has 2 nitrogen and oxygen atoms in total. The Morgan fingerprint density at radius 3 is 2.45 bits per heavy atom. The SMILES string of the molecule is CCCCCCCOc1ccc(C=C2SC(=S)NC2=S)cc1. The number of hydrogen-bond donors (Lipinski definition) is 1. The van der Waals surface area contributed by atoms with Gasteiger partial charge in [-0.3, -0.25) is 0 Å². The van der Waals surface area contributed by atoms with E-state index in [4.69, 9.17) is 29.2 Å². The Hall–Kier alpha value is -0.910. The van der Waals surface area contributed by atoms with Crippen LogP contribution >= 0.6 is 36.2 Å². The van der Waals surface area contributed by atoms with Crippen molar-refractivity contribution in [2.24, 2.45) is 0 Å². The number of rotatable bonds is 8. The van der Waals surface area contributed by atoms with Crippen LogP contribution in [0, 0.1) is 0 Å². The summed E-state index contributed by atoms with van der Waals surface area (Å²) in [4.78, 5) is 1.71. The van der Waals surface area contributed by atoms with Gasteiger partial charge in [0.15, 0.2) is 0 Å². The highest BCUT2D eigenvalue weighted by atomic mass is 32.2. The van der Waals surface area contributed by atoms with Crippen LogP contribution in [0.15, 0.2) is 29.2 Å². The van der Waals surface area contributed by atoms with Crippen molar-refractivity contribution < 1.29 is 4.74 Å². The summed E-state index contributed by atoms with van der Waals surface area (Å²) in [5.41, 5.74) is 1.10. The minimum Gasteiger partial charge on any atom is -0.494 e. The summed E-state index contributed by atoms with van der Waals surface area (Å²) >= 11 is 11.8. The molecule has 1 N–H and O–H groups in total. The maximum absolute atomic E-state index is 5.76. The molecule has 1 heterocycles. The first-order valence-corrected chi connectivity index (χ1v) is 9.30. The van der Waals surface area contributed by atoms with Gasteiger partial charge in [-0.25, -0.2) is 0 Å². The van der Waals surface area contributed by atoms with Crippen molar-refractivity contribution in [3.8, 4) is 5.75 Å². The van der Waals surface area contributed by atoms with Gasteiger partial charge in [0, 0.05) is 4.91 Å². The van der Waals surface area contributed by atoms with Gasteiger partial charge in [-0.05, 0) is 30.2 Å². The van der Waals surface area contributed by atoms with Crippen LogP contribution < -0.4 is 10.1 Å². The smallest absolute Gasteiger partial charge is 0.143 e. The molecule has 1 saturated heterocycles. The van der Waals surface area contributed by atoms with E-state index in [1.165, 1.54) is 37.4 Å². The fourth-order valence-corrected chi connectivity index (χ4v) is 3.61. The summed E-state index contributed by atoms with van der Waals surface area (Å²) in [6.45, 7) is 3.02. The van der Waals surface area contributed by atoms with Gasteiger partial charge in [0.2, 0.25) is 0 Å². The number of benzene rings is 1. The average molecular weight is 352 g/mol. The zero-order valence-electron chi connectivity index (χ0n) is 12.8.